The molecule has 2 aromatic rings. The van der Waals surface area contributed by atoms with Gasteiger partial charge < -0.3 is 4.57 Å². The van der Waals surface area contributed by atoms with Gasteiger partial charge in [0.15, 0.2) is 5.03 Å². The third-order valence-corrected chi connectivity index (χ3v) is 3.66. The fraction of sp³-hybridized carbons (Fsp3) is 0.250. The van der Waals surface area contributed by atoms with Gasteiger partial charge in [-0.1, -0.05) is 12.1 Å². The summed E-state index contributed by atoms with van der Waals surface area (Å²) in [6.07, 6.45) is -3.13. The number of sulfonamides is 1. The van der Waals surface area contributed by atoms with E-state index in [1.807, 2.05) is 0 Å². The van der Waals surface area contributed by atoms with Crippen LogP contribution in [0.2, 0.25) is 0 Å². The number of nitrogens with zero attached hydrogens (tertiary/aromatic N) is 2. The largest absolute Gasteiger partial charge is 0.416 e. The van der Waals surface area contributed by atoms with E-state index in [2.05, 4.69) is 4.98 Å². The number of halogens is 3. The number of hydrogen-bond donors (Lipinski definition) is 1. The molecule has 0 radical (unpaired) electrons. The molecule has 0 aliphatic carbocycles. The third-order valence-electron chi connectivity index (χ3n) is 2.88. The Hall–Kier alpha value is -1.87. The van der Waals surface area contributed by atoms with Crippen LogP contribution in [0, 0.1) is 6.92 Å². The summed E-state index contributed by atoms with van der Waals surface area (Å²) in [5.41, 5.74) is -0.150. The predicted molar refractivity (Wildman–Crippen MR) is 68.9 cm³/mol. The van der Waals surface area contributed by atoms with Gasteiger partial charge in [0.25, 0.3) is 10.0 Å². The number of primary sulfonamides is 1. The zero-order chi connectivity index (χ0) is 15.8. The van der Waals surface area contributed by atoms with Gasteiger partial charge in [0.2, 0.25) is 0 Å². The van der Waals surface area contributed by atoms with Crippen LogP contribution in [0.15, 0.2) is 35.5 Å². The van der Waals surface area contributed by atoms with Crippen LogP contribution < -0.4 is 5.14 Å². The van der Waals surface area contributed by atoms with Crippen LogP contribution in [-0.4, -0.2) is 18.0 Å². The molecule has 21 heavy (non-hydrogen) atoms. The molecule has 0 saturated carbocycles. The molecular formula is C12H12F3N3O2S. The average molecular weight is 319 g/mol. The summed E-state index contributed by atoms with van der Waals surface area (Å²) in [4.78, 5) is 3.80. The van der Waals surface area contributed by atoms with Gasteiger partial charge in [-0.2, -0.15) is 13.2 Å². The predicted octanol–water partition coefficient (Wildman–Crippen LogP) is 1.91. The second kappa shape index (κ2) is 5.15. The van der Waals surface area contributed by atoms with Crippen LogP contribution in [-0.2, 0) is 22.7 Å². The summed E-state index contributed by atoms with van der Waals surface area (Å²) >= 11 is 0. The minimum atomic E-state index is -4.38. The van der Waals surface area contributed by atoms with E-state index >= 15 is 0 Å². The molecule has 0 spiro atoms. The van der Waals surface area contributed by atoms with Crippen LogP contribution in [0.4, 0.5) is 13.2 Å². The van der Waals surface area contributed by atoms with Crippen molar-refractivity contribution >= 4 is 10.0 Å². The van der Waals surface area contributed by atoms with E-state index < -0.39 is 21.8 Å². The normalized spacial score (nSPS) is 12.6. The first-order valence-corrected chi connectivity index (χ1v) is 7.35. The molecule has 0 atom stereocenters. The highest BCUT2D eigenvalue weighted by molar-refractivity contribution is 7.89. The zero-order valence-electron chi connectivity index (χ0n) is 10.9. The molecule has 0 unspecified atom stereocenters. The van der Waals surface area contributed by atoms with Crippen molar-refractivity contribution in [3.63, 3.8) is 0 Å². The molecule has 114 valence electrons. The Labute approximate surface area is 119 Å². The number of nitrogens with two attached hydrogens (primary N) is 1. The minimum Gasteiger partial charge on any atom is -0.329 e. The fourth-order valence-corrected chi connectivity index (χ4v) is 2.31. The first-order valence-electron chi connectivity index (χ1n) is 5.80. The monoisotopic (exact) mass is 319 g/mol. The van der Waals surface area contributed by atoms with Gasteiger partial charge >= 0.3 is 6.18 Å². The highest BCUT2D eigenvalue weighted by atomic mass is 32.2. The number of aryl methyl sites for hydroxylation is 1. The number of benzene rings is 1. The van der Waals surface area contributed by atoms with Gasteiger partial charge in [0.05, 0.1) is 5.56 Å². The molecule has 0 aliphatic rings. The Bertz CT molecular complexity index is 749. The van der Waals surface area contributed by atoms with E-state index in [1.54, 1.807) is 6.92 Å². The second-order valence-corrected chi connectivity index (χ2v) is 6.00. The van der Waals surface area contributed by atoms with Crippen LogP contribution in [0.5, 0.6) is 0 Å². The summed E-state index contributed by atoms with van der Waals surface area (Å²) in [5, 5.41) is 4.70. The summed E-state index contributed by atoms with van der Waals surface area (Å²) in [6.45, 7) is 1.78. The molecule has 0 bridgehead atoms. The van der Waals surface area contributed by atoms with Gasteiger partial charge in [-0.05, 0) is 24.6 Å². The van der Waals surface area contributed by atoms with Crippen LogP contribution in [0.25, 0.3) is 0 Å². The van der Waals surface area contributed by atoms with E-state index in [1.165, 1.54) is 22.9 Å². The maximum atomic E-state index is 12.4. The summed E-state index contributed by atoms with van der Waals surface area (Å²) in [6, 6.07) is 4.61. The van der Waals surface area contributed by atoms with Gasteiger partial charge in [-0.25, -0.2) is 18.5 Å². The van der Waals surface area contributed by atoms with E-state index in [-0.39, 0.29) is 11.6 Å². The Kier molecular flexibility index (Phi) is 3.81. The lowest BCUT2D eigenvalue weighted by molar-refractivity contribution is -0.137. The van der Waals surface area contributed by atoms with Gasteiger partial charge in [-0.15, -0.1) is 0 Å². The van der Waals surface area contributed by atoms with Gasteiger partial charge in [-0.3, -0.25) is 0 Å². The highest BCUT2D eigenvalue weighted by Crippen LogP contribution is 2.29. The highest BCUT2D eigenvalue weighted by Gasteiger charge is 2.29. The molecule has 2 N–H and O–H groups in total. The lowest BCUT2D eigenvalue weighted by Gasteiger charge is -2.08. The van der Waals surface area contributed by atoms with Crippen molar-refractivity contribution in [2.24, 2.45) is 5.14 Å². The Morgan fingerprint density at radius 1 is 1.24 bits per heavy atom. The third kappa shape index (κ3) is 3.61. The summed E-state index contributed by atoms with van der Waals surface area (Å²) in [5.74, 6) is 0.402. The molecule has 0 aliphatic heterocycles. The molecule has 1 aromatic heterocycles. The first kappa shape index (κ1) is 15.5. The van der Waals surface area contributed by atoms with E-state index in [9.17, 15) is 21.6 Å². The number of aromatic nitrogens is 2. The number of rotatable bonds is 3. The molecule has 2 rings (SSSR count). The maximum Gasteiger partial charge on any atom is 0.416 e. The van der Waals surface area contributed by atoms with Crippen molar-refractivity contribution < 1.29 is 21.6 Å². The summed E-state index contributed by atoms with van der Waals surface area (Å²) in [7, 11) is -3.90. The zero-order valence-corrected chi connectivity index (χ0v) is 11.7. The Balaban J connectivity index is 2.25. The number of imidazole rings is 1. The van der Waals surface area contributed by atoms with Crippen molar-refractivity contribution in [1.29, 1.82) is 0 Å². The van der Waals surface area contributed by atoms with Crippen molar-refractivity contribution in [2.45, 2.75) is 24.7 Å². The molecule has 9 heteroatoms. The molecule has 0 amide bonds. The molecule has 5 nitrogen and oxygen atoms in total. The van der Waals surface area contributed by atoms with E-state index in [0.717, 1.165) is 12.1 Å². The van der Waals surface area contributed by atoms with Crippen molar-refractivity contribution in [3.8, 4) is 0 Å². The minimum absolute atomic E-state index is 0.201. The smallest absolute Gasteiger partial charge is 0.329 e. The molecule has 0 fully saturated rings. The van der Waals surface area contributed by atoms with Gasteiger partial charge in [0, 0.05) is 12.7 Å². The lowest BCUT2D eigenvalue weighted by atomic mass is 10.1. The molecule has 1 heterocycles. The SMILES string of the molecule is Cc1nc(S(N)(=O)=O)cn1Cc1ccc(C(F)(F)F)cc1. The first-order chi connectivity index (χ1) is 9.57. The van der Waals surface area contributed by atoms with Crippen molar-refractivity contribution in [3.05, 3.63) is 47.4 Å². The number of alkyl halides is 3. The van der Waals surface area contributed by atoms with E-state index in [4.69, 9.17) is 5.14 Å². The quantitative estimate of drug-likeness (QED) is 0.938. The Morgan fingerprint density at radius 2 is 1.81 bits per heavy atom. The van der Waals surface area contributed by atoms with Crippen LogP contribution in [0.1, 0.15) is 17.0 Å². The molecule has 1 aromatic carbocycles. The van der Waals surface area contributed by atoms with Crippen molar-refractivity contribution in [2.75, 3.05) is 0 Å². The average Bonchev–Trinajstić information content (AvgIpc) is 2.70. The second-order valence-electron chi connectivity index (χ2n) is 4.49. The fourth-order valence-electron chi connectivity index (χ4n) is 1.77. The maximum absolute atomic E-state index is 12.4. The lowest BCUT2D eigenvalue weighted by Crippen LogP contribution is -2.12. The Morgan fingerprint density at radius 3 is 2.24 bits per heavy atom. The molecular weight excluding hydrogens is 307 g/mol. The van der Waals surface area contributed by atoms with Crippen molar-refractivity contribution in [1.82, 2.24) is 9.55 Å². The summed E-state index contributed by atoms with van der Waals surface area (Å²) < 4.78 is 61.2. The topological polar surface area (TPSA) is 78.0 Å². The van der Waals surface area contributed by atoms with Crippen LogP contribution >= 0.6 is 0 Å². The van der Waals surface area contributed by atoms with Crippen LogP contribution in [0.3, 0.4) is 0 Å². The number of hydrogen-bond acceptors (Lipinski definition) is 3. The van der Waals surface area contributed by atoms with Gasteiger partial charge in [0.1, 0.15) is 5.82 Å². The molecule has 0 saturated heterocycles. The van der Waals surface area contributed by atoms with E-state index in [0.29, 0.717) is 11.4 Å². The standard InChI is InChI=1S/C12H12F3N3O2S/c1-8-17-11(21(16,19)20)7-18(8)6-9-2-4-10(5-3-9)12(13,14)15/h2-5,7H,6H2,1H3,(H2,16,19,20).